The summed E-state index contributed by atoms with van der Waals surface area (Å²) < 4.78 is 19.9. The van der Waals surface area contributed by atoms with Gasteiger partial charge in [-0.15, -0.1) is 32.9 Å². The first-order chi connectivity index (χ1) is 35.0. The maximum atomic E-state index is 14.4. The number of nitrogens with one attached hydrogen (secondary N) is 3. The summed E-state index contributed by atoms with van der Waals surface area (Å²) in [6, 6.07) is 18.0. The van der Waals surface area contributed by atoms with E-state index in [9.17, 15) is 14.4 Å². The molecule has 0 spiro atoms. The number of halogens is 1. The van der Waals surface area contributed by atoms with E-state index in [2.05, 4.69) is 62.4 Å². The summed E-state index contributed by atoms with van der Waals surface area (Å²) in [6.45, 7) is 10.8. The van der Waals surface area contributed by atoms with Crippen molar-refractivity contribution in [1.82, 2.24) is 35.7 Å². The Kier molecular flexibility index (Phi) is 16.8. The molecule has 1 aliphatic carbocycles. The van der Waals surface area contributed by atoms with Gasteiger partial charge in [0.15, 0.2) is 16.7 Å². The monoisotopic (exact) mass is 1030 g/mol. The lowest BCUT2D eigenvalue weighted by Gasteiger charge is -2.34. The van der Waals surface area contributed by atoms with Crippen molar-refractivity contribution in [2.45, 2.75) is 103 Å². The van der Waals surface area contributed by atoms with Crippen molar-refractivity contribution in [2.75, 3.05) is 58.1 Å². The summed E-state index contributed by atoms with van der Waals surface area (Å²) in [7, 11) is 1.76. The minimum Gasteiger partial charge on any atom is -0.491 e. The first-order valence-electron chi connectivity index (χ1n) is 25.2. The van der Waals surface area contributed by atoms with Crippen LogP contribution in [-0.4, -0.2) is 114 Å². The highest BCUT2D eigenvalue weighted by molar-refractivity contribution is 7.15. The molecule has 4 atom stereocenters. The highest BCUT2D eigenvalue weighted by Gasteiger charge is 2.41. The number of nitrogens with zero attached hydrogens (tertiary/aromatic N) is 6. The fourth-order valence-corrected chi connectivity index (χ4v) is 12.4. The third-order valence-electron chi connectivity index (χ3n) is 14.2. The number of rotatable bonds is 21. The van der Waals surface area contributed by atoms with Crippen LogP contribution in [0.4, 0.5) is 5.13 Å². The van der Waals surface area contributed by atoms with Gasteiger partial charge in [0, 0.05) is 50.4 Å². The van der Waals surface area contributed by atoms with Crippen molar-refractivity contribution < 1.29 is 28.6 Å². The Labute approximate surface area is 434 Å². The Morgan fingerprint density at radius 3 is 2.40 bits per heavy atom. The summed E-state index contributed by atoms with van der Waals surface area (Å²) in [6.07, 6.45) is 6.99. The van der Waals surface area contributed by atoms with Crippen molar-refractivity contribution in [3.05, 3.63) is 104 Å². The molecular weight excluding hydrogens is 970 g/mol. The molecule has 1 saturated heterocycles. The molecule has 6 aromatic rings. The first kappa shape index (κ1) is 51.3. The summed E-state index contributed by atoms with van der Waals surface area (Å²) in [5.74, 6) is 2.08. The molecule has 72 heavy (non-hydrogen) atoms. The van der Waals surface area contributed by atoms with Crippen LogP contribution in [0.2, 0.25) is 5.02 Å². The number of amides is 2. The number of carbonyl (C=O) groups excluding carboxylic acids is 3. The van der Waals surface area contributed by atoms with Crippen LogP contribution in [0.1, 0.15) is 97.5 Å². The number of ether oxygens (including phenoxy) is 3. The Hall–Kier alpha value is -5.56. The van der Waals surface area contributed by atoms with Gasteiger partial charge in [-0.25, -0.2) is 4.98 Å². The Morgan fingerprint density at radius 2 is 1.62 bits per heavy atom. The molecule has 2 fully saturated rings. The van der Waals surface area contributed by atoms with E-state index in [0.717, 1.165) is 111 Å². The number of ketones is 1. The molecule has 2 aliphatic heterocycles. The van der Waals surface area contributed by atoms with Crippen molar-refractivity contribution in [1.29, 1.82) is 0 Å². The van der Waals surface area contributed by atoms with Crippen LogP contribution in [0.3, 0.4) is 0 Å². The largest absolute Gasteiger partial charge is 0.491 e. The fourth-order valence-electron chi connectivity index (χ4n) is 10.1. The zero-order valence-electron chi connectivity index (χ0n) is 41.7. The molecule has 0 bridgehead atoms. The van der Waals surface area contributed by atoms with Crippen molar-refractivity contribution in [2.24, 2.45) is 10.9 Å². The number of hydrogen-bond acceptors (Lipinski definition) is 14. The van der Waals surface area contributed by atoms with Gasteiger partial charge in [0.2, 0.25) is 11.8 Å². The van der Waals surface area contributed by atoms with Crippen molar-refractivity contribution in [3.8, 4) is 22.0 Å². The topological polar surface area (TPSA) is 174 Å². The molecular formula is C54H64ClN9O6S2. The number of carbonyl (C=O) groups is 3. The molecule has 3 aliphatic rings. The fraction of sp³-hybridized carbons (Fsp3) is 0.463. The number of thiazole rings is 1. The van der Waals surface area contributed by atoms with Crippen LogP contribution in [0.5, 0.6) is 5.75 Å². The highest BCUT2D eigenvalue weighted by Crippen LogP contribution is 2.41. The number of likely N-dealkylation sites (N-methyl/N-ethyl adjacent to an activating group) is 1. The first-order valence-corrected chi connectivity index (χ1v) is 27.2. The molecule has 15 nitrogen and oxygen atoms in total. The SMILES string of the molecule is CN[C@@H](C)C(=O)NC(C(=O)C1CCCN1c1nc(-c2ccc(OCCOCCOCCNC(=O)C[C@@H]3N=C(c4ccc(Cl)cc4)c4c(sc(C)c4C)-n4c(C)nnc43)c3ccccc23)cs1)C1CCCCC1. The molecule has 9 rings (SSSR count). The molecule has 0 radical (unpaired) electrons. The molecule has 18 heteroatoms. The van der Waals surface area contributed by atoms with E-state index in [1.807, 2.05) is 66.9 Å². The number of hydrogen-bond donors (Lipinski definition) is 3. The molecule has 380 valence electrons. The number of aryl methyl sites for hydroxylation is 2. The average Bonchev–Trinajstić information content (AvgIpc) is 4.21. The average molecular weight is 1030 g/mol. The molecule has 2 unspecified atom stereocenters. The van der Waals surface area contributed by atoms with E-state index in [0.29, 0.717) is 50.4 Å². The van der Waals surface area contributed by atoms with Crippen LogP contribution in [0.25, 0.3) is 27.0 Å². The third kappa shape index (κ3) is 11.3. The van der Waals surface area contributed by atoms with Crippen LogP contribution >= 0.6 is 34.3 Å². The summed E-state index contributed by atoms with van der Waals surface area (Å²) in [5.41, 5.74) is 5.71. The van der Waals surface area contributed by atoms with E-state index in [1.54, 1.807) is 29.7 Å². The lowest BCUT2D eigenvalue weighted by molar-refractivity contribution is -0.130. The molecule has 3 aromatic heterocycles. The highest BCUT2D eigenvalue weighted by atomic mass is 35.5. The van der Waals surface area contributed by atoms with Gasteiger partial charge in [0.1, 0.15) is 29.2 Å². The van der Waals surface area contributed by atoms with E-state index < -0.39 is 12.1 Å². The van der Waals surface area contributed by atoms with Gasteiger partial charge in [-0.3, -0.25) is 23.9 Å². The van der Waals surface area contributed by atoms with Gasteiger partial charge in [-0.2, -0.15) is 0 Å². The molecule has 3 N–H and O–H groups in total. The standard InChI is InChI=1S/C54H64ClN9O6S2/c1-32-34(3)72-53-47(32)48(37-17-19-38(55)20-18-37)58-42(51-62-61-35(4)64(51)53)30-46(65)57-23-25-68-26-27-69-28-29-70-45-22-21-40(39-14-9-10-15-41(39)45)43-31-71-54(59-43)63-24-11-16-44(63)50(66)49(36-12-7-6-8-13-36)60-52(67)33(2)56-5/h9-10,14-15,17-22,31,33,36,42,44,49,56H,6-8,11-13,16,23-30H2,1-5H3,(H,57,65)(H,60,67)/t33-,42-,44?,49?/m0/s1. The van der Waals surface area contributed by atoms with Gasteiger partial charge in [0.25, 0.3) is 0 Å². The van der Waals surface area contributed by atoms with Gasteiger partial charge in [-0.1, -0.05) is 67.3 Å². The predicted octanol–water partition coefficient (Wildman–Crippen LogP) is 8.91. The second kappa shape index (κ2) is 23.5. The van der Waals surface area contributed by atoms with E-state index >= 15 is 0 Å². The second-order valence-electron chi connectivity index (χ2n) is 18.9. The number of aromatic nitrogens is 4. The smallest absolute Gasteiger partial charge is 0.237 e. The maximum Gasteiger partial charge on any atom is 0.237 e. The molecule has 5 heterocycles. The third-order valence-corrected chi connectivity index (χ3v) is 16.5. The zero-order valence-corrected chi connectivity index (χ0v) is 44.1. The Balaban J connectivity index is 0.741. The summed E-state index contributed by atoms with van der Waals surface area (Å²) in [5, 5.41) is 24.6. The number of Topliss-reactive ketones (excluding diaryl/α,β-unsaturated/α-hetero) is 1. The summed E-state index contributed by atoms with van der Waals surface area (Å²) in [4.78, 5) is 54.5. The van der Waals surface area contributed by atoms with Gasteiger partial charge in [0.05, 0.1) is 62.4 Å². The lowest BCUT2D eigenvalue weighted by atomic mass is 9.80. The van der Waals surface area contributed by atoms with Crippen LogP contribution < -0.4 is 25.6 Å². The number of thiophene rings is 1. The number of aliphatic imine (C=N–C) groups is 1. The quantitative estimate of drug-likeness (QED) is 0.0588. The number of fused-ring (bicyclic) bond motifs is 4. The number of anilines is 1. The molecule has 1 saturated carbocycles. The van der Waals surface area contributed by atoms with Gasteiger partial charge < -0.3 is 35.1 Å². The minimum absolute atomic E-state index is 0.0966. The normalized spacial score (nSPS) is 17.8. The Bertz CT molecular complexity index is 2910. The van der Waals surface area contributed by atoms with E-state index in [1.165, 1.54) is 11.3 Å². The summed E-state index contributed by atoms with van der Waals surface area (Å²) >= 11 is 9.49. The molecule has 3 aromatic carbocycles. The van der Waals surface area contributed by atoms with E-state index in [4.69, 9.17) is 35.8 Å². The predicted molar refractivity (Wildman–Crippen MR) is 285 cm³/mol. The second-order valence-corrected chi connectivity index (χ2v) is 21.3. The number of benzene rings is 3. The van der Waals surface area contributed by atoms with Gasteiger partial charge >= 0.3 is 0 Å². The minimum atomic E-state index is -0.553. The molecule has 2 amide bonds. The van der Waals surface area contributed by atoms with E-state index in [-0.39, 0.29) is 42.0 Å². The van der Waals surface area contributed by atoms with Crippen molar-refractivity contribution >= 4 is 73.5 Å². The lowest BCUT2D eigenvalue weighted by Crippen LogP contribution is -2.56. The van der Waals surface area contributed by atoms with Crippen molar-refractivity contribution in [3.63, 3.8) is 0 Å². The maximum absolute atomic E-state index is 14.4. The van der Waals surface area contributed by atoms with Crippen LogP contribution in [0, 0.1) is 26.7 Å². The van der Waals surface area contributed by atoms with Crippen LogP contribution in [-0.2, 0) is 23.9 Å². The Morgan fingerprint density at radius 1 is 0.875 bits per heavy atom. The van der Waals surface area contributed by atoms with Crippen LogP contribution in [0.15, 0.2) is 71.0 Å². The zero-order chi connectivity index (χ0) is 50.3. The van der Waals surface area contributed by atoms with Gasteiger partial charge in [-0.05, 0) is 102 Å².